The molecule has 2 heterocycles. The summed E-state index contributed by atoms with van der Waals surface area (Å²) in [4.78, 5) is 27.8. The number of carbonyl (C=O) groups is 2. The number of hydrazone groups is 1. The van der Waals surface area contributed by atoms with Gasteiger partial charge in [0.05, 0.1) is 30.8 Å². The minimum Gasteiger partial charge on any atom is -0.466 e. The first-order valence-electron chi connectivity index (χ1n) is 12.0. The molecule has 0 unspecified atom stereocenters. The number of rotatable bonds is 6. The first-order valence-corrected chi connectivity index (χ1v) is 12.4. The summed E-state index contributed by atoms with van der Waals surface area (Å²) in [6.45, 7) is 7.84. The number of esters is 1. The van der Waals surface area contributed by atoms with E-state index >= 15 is 0 Å². The molecule has 0 spiro atoms. The maximum atomic E-state index is 13.5. The van der Waals surface area contributed by atoms with Crippen molar-refractivity contribution in [1.82, 2.24) is 9.91 Å². The van der Waals surface area contributed by atoms with Gasteiger partial charge in [0, 0.05) is 23.6 Å². The zero-order valence-corrected chi connectivity index (χ0v) is 20.8. The van der Waals surface area contributed by atoms with Gasteiger partial charge in [-0.15, -0.1) is 0 Å². The molecule has 180 valence electrons. The SMILES string of the molecule is CCOC(=O)[C@H]1CCCN(CC(=O)N2N=C(c3ccc(C)cc3C)C[C@H]2c2ccccc2Cl)C1. The van der Waals surface area contributed by atoms with E-state index in [9.17, 15) is 9.59 Å². The standard InChI is InChI=1S/C27H32ClN3O3/c1-4-34-27(33)20-8-7-13-30(16-20)17-26(32)31-25(22-9-5-6-10-23(22)28)15-24(29-31)21-12-11-18(2)14-19(21)3/h5-6,9-12,14,20,25H,4,7-8,13,15-17H2,1-3H3/t20-,25-/m0/s1. The molecule has 34 heavy (non-hydrogen) atoms. The van der Waals surface area contributed by atoms with E-state index in [-0.39, 0.29) is 30.4 Å². The van der Waals surface area contributed by atoms with Crippen molar-refractivity contribution in [3.63, 3.8) is 0 Å². The molecule has 1 fully saturated rings. The number of carbonyl (C=O) groups excluding carboxylic acids is 2. The fraction of sp³-hybridized carbons (Fsp3) is 0.444. The summed E-state index contributed by atoms with van der Waals surface area (Å²) in [6.07, 6.45) is 2.26. The Kier molecular flexibility index (Phi) is 7.69. The van der Waals surface area contributed by atoms with E-state index in [0.29, 0.717) is 24.6 Å². The Morgan fingerprint density at radius 2 is 1.97 bits per heavy atom. The zero-order chi connectivity index (χ0) is 24.2. The first kappa shape index (κ1) is 24.4. The number of hydrogen-bond acceptors (Lipinski definition) is 5. The molecule has 2 aliphatic heterocycles. The predicted octanol–water partition coefficient (Wildman–Crippen LogP) is 4.91. The molecule has 2 aromatic rings. The van der Waals surface area contributed by atoms with Gasteiger partial charge < -0.3 is 4.74 Å². The van der Waals surface area contributed by atoms with Crippen LogP contribution in [0.25, 0.3) is 0 Å². The van der Waals surface area contributed by atoms with Crippen molar-refractivity contribution in [2.75, 3.05) is 26.2 Å². The van der Waals surface area contributed by atoms with Crippen molar-refractivity contribution in [3.05, 3.63) is 69.7 Å². The number of halogens is 1. The number of aryl methyl sites for hydroxylation is 2. The highest BCUT2D eigenvalue weighted by atomic mass is 35.5. The van der Waals surface area contributed by atoms with Gasteiger partial charge in [-0.1, -0.05) is 53.6 Å². The lowest BCUT2D eigenvalue weighted by Crippen LogP contribution is -2.44. The van der Waals surface area contributed by atoms with E-state index in [1.165, 1.54) is 5.56 Å². The van der Waals surface area contributed by atoms with Crippen LogP contribution in [-0.4, -0.2) is 53.7 Å². The van der Waals surface area contributed by atoms with E-state index in [0.717, 1.165) is 41.8 Å². The summed E-state index contributed by atoms with van der Waals surface area (Å²) in [5, 5.41) is 7.05. The monoisotopic (exact) mass is 481 g/mol. The molecule has 4 rings (SSSR count). The number of amides is 1. The van der Waals surface area contributed by atoms with Crippen molar-refractivity contribution >= 4 is 29.2 Å². The molecule has 0 aromatic heterocycles. The van der Waals surface area contributed by atoms with E-state index in [1.807, 2.05) is 36.1 Å². The van der Waals surface area contributed by atoms with Gasteiger partial charge in [-0.2, -0.15) is 5.10 Å². The lowest BCUT2D eigenvalue weighted by molar-refractivity contribution is -0.150. The molecule has 1 amide bonds. The largest absolute Gasteiger partial charge is 0.466 e. The number of piperidine rings is 1. The van der Waals surface area contributed by atoms with Crippen molar-refractivity contribution < 1.29 is 14.3 Å². The van der Waals surface area contributed by atoms with Gasteiger partial charge >= 0.3 is 5.97 Å². The maximum absolute atomic E-state index is 13.5. The highest BCUT2D eigenvalue weighted by Gasteiger charge is 2.36. The number of hydrogen-bond donors (Lipinski definition) is 0. The van der Waals surface area contributed by atoms with Gasteiger partial charge in [-0.05, 0) is 57.4 Å². The summed E-state index contributed by atoms with van der Waals surface area (Å²) in [7, 11) is 0. The smallest absolute Gasteiger partial charge is 0.310 e. The van der Waals surface area contributed by atoms with E-state index in [1.54, 1.807) is 5.01 Å². The lowest BCUT2D eigenvalue weighted by Gasteiger charge is -2.32. The third-order valence-electron chi connectivity index (χ3n) is 6.61. The fourth-order valence-corrected chi connectivity index (χ4v) is 5.21. The molecule has 1 saturated heterocycles. The third kappa shape index (κ3) is 5.34. The molecule has 7 heteroatoms. The Labute approximate surface area is 206 Å². The number of nitrogens with zero attached hydrogens (tertiary/aromatic N) is 3. The summed E-state index contributed by atoms with van der Waals surface area (Å²) < 4.78 is 5.21. The van der Waals surface area contributed by atoms with Crippen LogP contribution in [0.15, 0.2) is 47.6 Å². The Hall–Kier alpha value is -2.70. The summed E-state index contributed by atoms with van der Waals surface area (Å²) >= 11 is 6.54. The molecule has 0 aliphatic carbocycles. The lowest BCUT2D eigenvalue weighted by atomic mass is 9.95. The summed E-state index contributed by atoms with van der Waals surface area (Å²) in [6, 6.07) is 13.7. The van der Waals surface area contributed by atoms with Crippen LogP contribution >= 0.6 is 11.6 Å². The molecule has 0 N–H and O–H groups in total. The molecule has 2 aliphatic rings. The van der Waals surface area contributed by atoms with Crippen molar-refractivity contribution in [1.29, 1.82) is 0 Å². The van der Waals surface area contributed by atoms with Crippen LogP contribution in [0.5, 0.6) is 0 Å². The van der Waals surface area contributed by atoms with Crippen molar-refractivity contribution in [2.24, 2.45) is 11.0 Å². The summed E-state index contributed by atoms with van der Waals surface area (Å²) in [5.74, 6) is -0.451. The predicted molar refractivity (Wildman–Crippen MR) is 134 cm³/mol. The van der Waals surface area contributed by atoms with Crippen LogP contribution < -0.4 is 0 Å². The summed E-state index contributed by atoms with van der Waals surface area (Å²) in [5.41, 5.74) is 5.16. The molecule has 6 nitrogen and oxygen atoms in total. The van der Waals surface area contributed by atoms with Crippen LogP contribution in [0.2, 0.25) is 5.02 Å². The fourth-order valence-electron chi connectivity index (χ4n) is 4.94. The van der Waals surface area contributed by atoms with Gasteiger partial charge in [0.25, 0.3) is 5.91 Å². The molecule has 0 bridgehead atoms. The third-order valence-corrected chi connectivity index (χ3v) is 6.95. The zero-order valence-electron chi connectivity index (χ0n) is 20.1. The topological polar surface area (TPSA) is 62.2 Å². The molecule has 2 atom stereocenters. The Morgan fingerprint density at radius 3 is 2.71 bits per heavy atom. The first-order chi connectivity index (χ1) is 16.4. The quantitative estimate of drug-likeness (QED) is 0.550. The molecular weight excluding hydrogens is 450 g/mol. The maximum Gasteiger partial charge on any atom is 0.310 e. The Morgan fingerprint density at radius 1 is 1.18 bits per heavy atom. The second-order valence-electron chi connectivity index (χ2n) is 9.17. The van der Waals surface area contributed by atoms with Crippen LogP contribution in [-0.2, 0) is 14.3 Å². The minimum atomic E-state index is -0.262. The van der Waals surface area contributed by atoms with E-state index in [2.05, 4.69) is 32.0 Å². The van der Waals surface area contributed by atoms with Crippen molar-refractivity contribution in [3.8, 4) is 0 Å². The minimum absolute atomic E-state index is 0.0887. The highest BCUT2D eigenvalue weighted by Crippen LogP contribution is 2.37. The Bertz CT molecular complexity index is 1100. The second kappa shape index (κ2) is 10.7. The van der Waals surface area contributed by atoms with Crippen LogP contribution in [0.4, 0.5) is 0 Å². The average Bonchev–Trinajstić information content (AvgIpc) is 3.25. The van der Waals surface area contributed by atoms with Gasteiger partial charge in [0.15, 0.2) is 0 Å². The number of ether oxygens (including phenoxy) is 1. The van der Waals surface area contributed by atoms with Gasteiger partial charge in [-0.25, -0.2) is 5.01 Å². The number of benzene rings is 2. The van der Waals surface area contributed by atoms with Crippen LogP contribution in [0.3, 0.4) is 0 Å². The second-order valence-corrected chi connectivity index (χ2v) is 9.58. The average molecular weight is 482 g/mol. The van der Waals surface area contributed by atoms with Gasteiger partial charge in [0.2, 0.25) is 0 Å². The number of likely N-dealkylation sites (tertiary alicyclic amines) is 1. The van der Waals surface area contributed by atoms with Gasteiger partial charge in [-0.3, -0.25) is 14.5 Å². The van der Waals surface area contributed by atoms with Crippen molar-refractivity contribution in [2.45, 2.75) is 46.1 Å². The van der Waals surface area contributed by atoms with Gasteiger partial charge in [0.1, 0.15) is 0 Å². The Balaban J connectivity index is 1.58. The van der Waals surface area contributed by atoms with E-state index in [4.69, 9.17) is 21.4 Å². The normalized spacial score (nSPS) is 20.8. The highest BCUT2D eigenvalue weighted by molar-refractivity contribution is 6.31. The molecule has 2 aromatic carbocycles. The van der Waals surface area contributed by atoms with E-state index < -0.39 is 0 Å². The molecular formula is C27H32ClN3O3. The molecule has 0 radical (unpaired) electrons. The molecule has 0 saturated carbocycles. The van der Waals surface area contributed by atoms with Crippen LogP contribution in [0.1, 0.15) is 54.5 Å². The van der Waals surface area contributed by atoms with Crippen LogP contribution in [0, 0.1) is 19.8 Å².